The molecule has 200 valence electrons. The number of rotatable bonds is 7. The summed E-state index contributed by atoms with van der Waals surface area (Å²) in [6.07, 6.45) is -1.63. The fourth-order valence-corrected chi connectivity index (χ4v) is 3.91. The number of ether oxygens (including phenoxy) is 1. The first-order chi connectivity index (χ1) is 18.2. The molecule has 13 heteroatoms. The number of aromatic nitrogens is 2. The van der Waals surface area contributed by atoms with Gasteiger partial charge in [-0.1, -0.05) is 30.3 Å². The van der Waals surface area contributed by atoms with Crippen molar-refractivity contribution in [3.63, 3.8) is 0 Å². The molecule has 2 aromatic carbocycles. The minimum Gasteiger partial charge on any atom is -0.404 e. The Balaban J connectivity index is 1.41. The van der Waals surface area contributed by atoms with E-state index in [0.29, 0.717) is 23.4 Å². The van der Waals surface area contributed by atoms with Crippen molar-refractivity contribution < 1.29 is 27.5 Å². The van der Waals surface area contributed by atoms with Crippen molar-refractivity contribution in [3.8, 4) is 17.0 Å². The molecule has 0 saturated carbocycles. The summed E-state index contributed by atoms with van der Waals surface area (Å²) in [5, 5.41) is 11.1. The van der Waals surface area contributed by atoms with Crippen LogP contribution >= 0.6 is 0 Å². The number of amides is 3. The molecule has 1 aliphatic heterocycles. The van der Waals surface area contributed by atoms with Gasteiger partial charge >= 0.3 is 12.4 Å². The SMILES string of the molecule is Nc1ncc(-c2cccc(CNC(=O)Nc3ccccc3OC(F)(F)F)c2)nc1C(=O)N[C@H]1CCCNC1. The van der Waals surface area contributed by atoms with E-state index in [9.17, 15) is 22.8 Å². The van der Waals surface area contributed by atoms with Crippen LogP contribution in [0.4, 0.5) is 29.5 Å². The zero-order valence-corrected chi connectivity index (χ0v) is 20.1. The summed E-state index contributed by atoms with van der Waals surface area (Å²) in [6.45, 7) is 1.64. The molecule has 1 saturated heterocycles. The number of benzene rings is 2. The summed E-state index contributed by atoms with van der Waals surface area (Å²) in [7, 11) is 0. The number of urea groups is 1. The maximum Gasteiger partial charge on any atom is 0.573 e. The van der Waals surface area contributed by atoms with E-state index in [2.05, 4.69) is 36.0 Å². The van der Waals surface area contributed by atoms with Crippen LogP contribution in [0, 0.1) is 0 Å². The van der Waals surface area contributed by atoms with Gasteiger partial charge in [0, 0.05) is 24.7 Å². The lowest BCUT2D eigenvalue weighted by molar-refractivity contribution is -0.274. The number of nitrogens with one attached hydrogen (secondary N) is 4. The Morgan fingerprint density at radius 1 is 1.16 bits per heavy atom. The molecule has 6 N–H and O–H groups in total. The summed E-state index contributed by atoms with van der Waals surface area (Å²) in [5.41, 5.74) is 7.53. The number of piperidine rings is 1. The molecule has 1 aliphatic rings. The minimum absolute atomic E-state index is 0.0132. The van der Waals surface area contributed by atoms with Gasteiger partial charge in [-0.3, -0.25) is 4.79 Å². The van der Waals surface area contributed by atoms with Crippen molar-refractivity contribution in [3.05, 3.63) is 66.0 Å². The Bertz CT molecular complexity index is 1300. The Kier molecular flexibility index (Phi) is 8.26. The molecule has 0 spiro atoms. The summed E-state index contributed by atoms with van der Waals surface area (Å²) >= 11 is 0. The van der Waals surface area contributed by atoms with Crippen LogP contribution in [-0.2, 0) is 6.54 Å². The number of anilines is 2. The number of nitrogen functional groups attached to an aromatic ring is 1. The molecule has 10 nitrogen and oxygen atoms in total. The van der Waals surface area contributed by atoms with E-state index in [1.165, 1.54) is 24.4 Å². The fraction of sp³-hybridized carbons (Fsp3) is 0.280. The molecule has 4 rings (SSSR count). The van der Waals surface area contributed by atoms with Crippen LogP contribution in [-0.4, -0.2) is 47.4 Å². The molecular weight excluding hydrogens is 503 g/mol. The second-order valence-electron chi connectivity index (χ2n) is 8.56. The first-order valence-electron chi connectivity index (χ1n) is 11.8. The van der Waals surface area contributed by atoms with Crippen LogP contribution in [0.25, 0.3) is 11.3 Å². The molecule has 0 radical (unpaired) electrons. The summed E-state index contributed by atoms with van der Waals surface area (Å²) in [6, 6.07) is 11.5. The molecule has 1 atom stereocenters. The number of alkyl halides is 3. The maximum atomic E-state index is 12.8. The molecule has 0 aliphatic carbocycles. The van der Waals surface area contributed by atoms with Gasteiger partial charge in [-0.2, -0.15) is 0 Å². The molecule has 1 fully saturated rings. The molecular formula is C25H26F3N7O3. The summed E-state index contributed by atoms with van der Waals surface area (Å²) in [5.74, 6) is -0.923. The molecule has 38 heavy (non-hydrogen) atoms. The van der Waals surface area contributed by atoms with E-state index in [1.807, 2.05) is 0 Å². The van der Waals surface area contributed by atoms with Crippen LogP contribution < -0.4 is 31.7 Å². The highest BCUT2D eigenvalue weighted by atomic mass is 19.4. The van der Waals surface area contributed by atoms with E-state index in [1.54, 1.807) is 24.3 Å². The van der Waals surface area contributed by atoms with Crippen molar-refractivity contribution in [2.45, 2.75) is 31.8 Å². The largest absolute Gasteiger partial charge is 0.573 e. The zero-order chi connectivity index (χ0) is 27.1. The minimum atomic E-state index is -4.90. The number of nitrogens with zero attached hydrogens (tertiary/aromatic N) is 2. The fourth-order valence-electron chi connectivity index (χ4n) is 3.91. The second-order valence-corrected chi connectivity index (χ2v) is 8.56. The third-order valence-electron chi connectivity index (χ3n) is 5.68. The van der Waals surface area contributed by atoms with Crippen LogP contribution in [0.5, 0.6) is 5.75 Å². The molecule has 3 amide bonds. The molecule has 0 unspecified atom stereocenters. The lowest BCUT2D eigenvalue weighted by atomic mass is 10.1. The van der Waals surface area contributed by atoms with E-state index < -0.39 is 24.1 Å². The predicted molar refractivity (Wildman–Crippen MR) is 134 cm³/mol. The molecule has 2 heterocycles. The number of halogens is 3. The average molecular weight is 530 g/mol. The first-order valence-corrected chi connectivity index (χ1v) is 11.8. The number of hydrogen-bond donors (Lipinski definition) is 5. The highest BCUT2D eigenvalue weighted by Gasteiger charge is 2.32. The maximum absolute atomic E-state index is 12.8. The number of carbonyl (C=O) groups excluding carboxylic acids is 2. The van der Waals surface area contributed by atoms with Crippen molar-refractivity contribution in [2.24, 2.45) is 0 Å². The van der Waals surface area contributed by atoms with Crippen molar-refractivity contribution in [1.82, 2.24) is 25.9 Å². The molecule has 1 aromatic heterocycles. The Morgan fingerprint density at radius 3 is 2.74 bits per heavy atom. The number of hydrogen-bond acceptors (Lipinski definition) is 7. The van der Waals surface area contributed by atoms with Gasteiger partial charge in [0.15, 0.2) is 17.3 Å². The lowest BCUT2D eigenvalue weighted by Crippen LogP contribution is -2.46. The highest BCUT2D eigenvalue weighted by Crippen LogP contribution is 2.29. The van der Waals surface area contributed by atoms with Gasteiger partial charge in [0.1, 0.15) is 0 Å². The third-order valence-corrected chi connectivity index (χ3v) is 5.68. The smallest absolute Gasteiger partial charge is 0.404 e. The zero-order valence-electron chi connectivity index (χ0n) is 20.1. The summed E-state index contributed by atoms with van der Waals surface area (Å²) in [4.78, 5) is 33.6. The standard InChI is InChI=1S/C25H26F3N7O3/c26-25(27,28)38-20-9-2-1-8-18(20)35-24(37)32-12-15-5-3-6-16(11-15)19-14-31-22(29)21(34-19)23(36)33-17-7-4-10-30-13-17/h1-3,5-6,8-9,11,14,17,30H,4,7,10,12-13H2,(H2,29,31)(H,33,36)(H2,32,35,37)/t17-/m0/s1. The number of carbonyl (C=O) groups is 2. The van der Waals surface area contributed by atoms with Crippen LogP contribution in [0.3, 0.4) is 0 Å². The quantitative estimate of drug-likeness (QED) is 0.316. The van der Waals surface area contributed by atoms with Crippen LogP contribution in [0.15, 0.2) is 54.7 Å². The van der Waals surface area contributed by atoms with Gasteiger partial charge in [-0.15, -0.1) is 13.2 Å². The Hall–Kier alpha value is -4.39. The lowest BCUT2D eigenvalue weighted by Gasteiger charge is -2.23. The van der Waals surface area contributed by atoms with Gasteiger partial charge in [0.05, 0.1) is 17.6 Å². The predicted octanol–water partition coefficient (Wildman–Crippen LogP) is 3.43. The Labute approximate surface area is 216 Å². The van der Waals surface area contributed by atoms with Gasteiger partial charge < -0.3 is 31.7 Å². The molecule has 3 aromatic rings. The highest BCUT2D eigenvalue weighted by molar-refractivity contribution is 5.97. The van der Waals surface area contributed by atoms with Gasteiger partial charge in [-0.05, 0) is 43.1 Å². The van der Waals surface area contributed by atoms with Crippen LogP contribution in [0.2, 0.25) is 0 Å². The van der Waals surface area contributed by atoms with Gasteiger partial charge in [0.25, 0.3) is 5.91 Å². The first kappa shape index (κ1) is 26.7. The van der Waals surface area contributed by atoms with Crippen molar-refractivity contribution >= 4 is 23.4 Å². The van der Waals surface area contributed by atoms with Crippen LogP contribution in [0.1, 0.15) is 28.9 Å². The van der Waals surface area contributed by atoms with E-state index >= 15 is 0 Å². The monoisotopic (exact) mass is 529 g/mol. The third kappa shape index (κ3) is 7.32. The van der Waals surface area contributed by atoms with Gasteiger partial charge in [0.2, 0.25) is 0 Å². The van der Waals surface area contributed by atoms with Gasteiger partial charge in [-0.25, -0.2) is 14.8 Å². The van der Waals surface area contributed by atoms with Crippen molar-refractivity contribution in [2.75, 3.05) is 24.1 Å². The topological polar surface area (TPSA) is 143 Å². The van der Waals surface area contributed by atoms with E-state index in [-0.39, 0.29) is 29.8 Å². The molecule has 0 bridgehead atoms. The number of nitrogens with two attached hydrogens (primary N) is 1. The Morgan fingerprint density at radius 2 is 1.97 bits per heavy atom. The number of para-hydroxylation sites is 2. The van der Waals surface area contributed by atoms with Crippen molar-refractivity contribution in [1.29, 1.82) is 0 Å². The average Bonchev–Trinajstić information content (AvgIpc) is 2.89. The summed E-state index contributed by atoms with van der Waals surface area (Å²) < 4.78 is 41.8. The van der Waals surface area contributed by atoms with E-state index in [4.69, 9.17) is 5.73 Å². The second kappa shape index (κ2) is 11.8. The normalized spacial score (nSPS) is 15.4. The van der Waals surface area contributed by atoms with E-state index in [0.717, 1.165) is 25.5 Å².